The third-order valence-electron chi connectivity index (χ3n) is 5.43. The van der Waals surface area contributed by atoms with Crippen LogP contribution in [0.5, 0.6) is 5.88 Å². The van der Waals surface area contributed by atoms with Crippen LogP contribution in [0.3, 0.4) is 0 Å². The summed E-state index contributed by atoms with van der Waals surface area (Å²) in [7, 11) is 0. The van der Waals surface area contributed by atoms with Crippen molar-refractivity contribution in [2.75, 3.05) is 6.54 Å². The van der Waals surface area contributed by atoms with Gasteiger partial charge in [0.2, 0.25) is 5.88 Å². The number of hydrogen-bond donors (Lipinski definition) is 0. The number of piperidine rings is 1. The molecular weight excluding hydrogens is 378 g/mol. The van der Waals surface area contributed by atoms with Gasteiger partial charge in [-0.25, -0.2) is 4.98 Å². The topological polar surface area (TPSA) is 73.1 Å². The molecule has 3 atom stereocenters. The van der Waals surface area contributed by atoms with E-state index in [1.807, 2.05) is 29.2 Å². The van der Waals surface area contributed by atoms with Crippen LogP contribution in [0.1, 0.15) is 23.2 Å². The van der Waals surface area contributed by atoms with Crippen LogP contribution in [-0.4, -0.2) is 49.5 Å². The Morgan fingerprint density at radius 2 is 1.93 bits per heavy atom. The SMILES string of the molecule is O=C(c1ccccc1-n1nccn1)N1CC2CC(Oc3ccc(Cl)cn3)C1C2. The Hall–Kier alpha value is -2.93. The molecule has 3 unspecified atom stereocenters. The summed E-state index contributed by atoms with van der Waals surface area (Å²) >= 11 is 5.90. The van der Waals surface area contributed by atoms with E-state index in [1.165, 1.54) is 4.80 Å². The molecule has 1 aliphatic carbocycles. The molecule has 3 aromatic rings. The molecule has 0 radical (unpaired) electrons. The number of aromatic nitrogens is 4. The van der Waals surface area contributed by atoms with Crippen molar-refractivity contribution in [3.05, 3.63) is 65.6 Å². The number of pyridine rings is 1. The number of para-hydroxylation sites is 1. The minimum atomic E-state index is -0.0635. The van der Waals surface area contributed by atoms with Gasteiger partial charge in [0.15, 0.2) is 0 Å². The zero-order valence-electron chi connectivity index (χ0n) is 15.0. The van der Waals surface area contributed by atoms with Crippen molar-refractivity contribution < 1.29 is 9.53 Å². The van der Waals surface area contributed by atoms with Crippen molar-refractivity contribution in [3.8, 4) is 11.6 Å². The molecule has 8 heteroatoms. The average molecular weight is 396 g/mol. The largest absolute Gasteiger partial charge is 0.472 e. The van der Waals surface area contributed by atoms with Gasteiger partial charge in [-0.15, -0.1) is 0 Å². The molecule has 1 aromatic carbocycles. The Labute approximate surface area is 166 Å². The fourth-order valence-electron chi connectivity index (χ4n) is 4.24. The number of carbonyl (C=O) groups is 1. The summed E-state index contributed by atoms with van der Waals surface area (Å²) in [4.78, 5) is 21.0. The van der Waals surface area contributed by atoms with E-state index in [-0.39, 0.29) is 18.1 Å². The van der Waals surface area contributed by atoms with Crippen LogP contribution in [-0.2, 0) is 0 Å². The molecule has 28 heavy (non-hydrogen) atoms. The lowest BCUT2D eigenvalue weighted by Gasteiger charge is -2.33. The monoisotopic (exact) mass is 395 g/mol. The molecule has 2 aliphatic rings. The van der Waals surface area contributed by atoms with Crippen molar-refractivity contribution in [2.45, 2.75) is 25.0 Å². The number of benzene rings is 1. The summed E-state index contributed by atoms with van der Waals surface area (Å²) in [5, 5.41) is 8.92. The van der Waals surface area contributed by atoms with E-state index in [9.17, 15) is 4.79 Å². The minimum Gasteiger partial charge on any atom is -0.472 e. The number of carbonyl (C=O) groups excluding carboxylic acids is 1. The summed E-state index contributed by atoms with van der Waals surface area (Å²) in [5.41, 5.74) is 1.27. The summed E-state index contributed by atoms with van der Waals surface area (Å²) in [6.07, 6.45) is 6.59. The van der Waals surface area contributed by atoms with Crippen LogP contribution >= 0.6 is 11.6 Å². The number of hydrogen-bond acceptors (Lipinski definition) is 5. The van der Waals surface area contributed by atoms with E-state index < -0.39 is 0 Å². The van der Waals surface area contributed by atoms with Gasteiger partial charge in [0.05, 0.1) is 34.7 Å². The summed E-state index contributed by atoms with van der Waals surface area (Å²) in [5.74, 6) is 0.967. The summed E-state index contributed by atoms with van der Waals surface area (Å²) in [6.45, 7) is 0.748. The number of halogens is 1. The highest BCUT2D eigenvalue weighted by Crippen LogP contribution is 2.40. The highest BCUT2D eigenvalue weighted by atomic mass is 35.5. The summed E-state index contributed by atoms with van der Waals surface area (Å²) in [6, 6.07) is 11.0. The number of likely N-dealkylation sites (tertiary alicyclic amines) is 1. The van der Waals surface area contributed by atoms with E-state index in [2.05, 4.69) is 15.2 Å². The third-order valence-corrected chi connectivity index (χ3v) is 5.65. The smallest absolute Gasteiger partial charge is 0.256 e. The van der Waals surface area contributed by atoms with Gasteiger partial charge in [0.25, 0.3) is 5.91 Å². The fraction of sp³-hybridized carbons (Fsp3) is 0.300. The molecule has 1 amide bonds. The van der Waals surface area contributed by atoms with Crippen LogP contribution in [0.25, 0.3) is 5.69 Å². The Morgan fingerprint density at radius 3 is 2.68 bits per heavy atom. The molecule has 7 nitrogen and oxygen atoms in total. The first-order valence-corrected chi connectivity index (χ1v) is 9.62. The number of rotatable bonds is 4. The van der Waals surface area contributed by atoms with Crippen LogP contribution in [0.2, 0.25) is 5.02 Å². The van der Waals surface area contributed by atoms with Gasteiger partial charge in [0, 0.05) is 18.8 Å². The highest BCUT2D eigenvalue weighted by Gasteiger charge is 2.48. The standard InChI is InChI=1S/C20H18ClN5O2/c21-14-5-6-19(22-11-14)28-18-10-13-9-17(18)25(12-13)20(27)15-3-1-2-4-16(15)26-23-7-8-24-26/h1-8,11,13,17-18H,9-10,12H2. The average Bonchev–Trinajstić information content (AvgIpc) is 3.46. The van der Waals surface area contributed by atoms with Crippen molar-refractivity contribution in [1.82, 2.24) is 24.9 Å². The minimum absolute atomic E-state index is 0.0160. The molecule has 1 aliphatic heterocycles. The normalized spacial score (nSPS) is 23.2. The third kappa shape index (κ3) is 3.01. The van der Waals surface area contributed by atoms with Crippen LogP contribution in [0.4, 0.5) is 0 Å². The van der Waals surface area contributed by atoms with Gasteiger partial charge >= 0.3 is 0 Å². The Kier molecular flexibility index (Phi) is 4.24. The quantitative estimate of drug-likeness (QED) is 0.679. The zero-order valence-corrected chi connectivity index (χ0v) is 15.7. The molecule has 5 rings (SSSR count). The molecule has 1 saturated heterocycles. The van der Waals surface area contributed by atoms with E-state index in [4.69, 9.17) is 16.3 Å². The molecule has 1 saturated carbocycles. The van der Waals surface area contributed by atoms with Gasteiger partial charge < -0.3 is 9.64 Å². The molecule has 0 spiro atoms. The lowest BCUT2D eigenvalue weighted by atomic mass is 10.1. The maximum atomic E-state index is 13.4. The number of amides is 1. The maximum Gasteiger partial charge on any atom is 0.256 e. The molecule has 0 N–H and O–H groups in total. The highest BCUT2D eigenvalue weighted by molar-refractivity contribution is 6.30. The maximum absolute atomic E-state index is 13.4. The van der Waals surface area contributed by atoms with E-state index in [1.54, 1.807) is 30.7 Å². The van der Waals surface area contributed by atoms with Crippen LogP contribution < -0.4 is 4.74 Å². The first-order chi connectivity index (χ1) is 13.7. The molecule has 2 bridgehead atoms. The Morgan fingerprint density at radius 1 is 1.11 bits per heavy atom. The van der Waals surface area contributed by atoms with Gasteiger partial charge in [-0.05, 0) is 37.0 Å². The lowest BCUT2D eigenvalue weighted by molar-refractivity contribution is 0.0466. The second-order valence-electron chi connectivity index (χ2n) is 7.17. The van der Waals surface area contributed by atoms with Gasteiger partial charge in [-0.1, -0.05) is 23.7 Å². The number of nitrogens with zero attached hydrogens (tertiary/aromatic N) is 5. The van der Waals surface area contributed by atoms with Crippen LogP contribution in [0.15, 0.2) is 55.0 Å². The Bertz CT molecular complexity index is 992. The predicted octanol–water partition coefficient (Wildman–Crippen LogP) is 3.00. The second-order valence-corrected chi connectivity index (χ2v) is 7.61. The Balaban J connectivity index is 1.39. The number of fused-ring (bicyclic) bond motifs is 2. The summed E-state index contributed by atoms with van der Waals surface area (Å²) < 4.78 is 6.09. The first-order valence-electron chi connectivity index (χ1n) is 9.24. The van der Waals surface area contributed by atoms with Gasteiger partial charge in [0.1, 0.15) is 6.10 Å². The van der Waals surface area contributed by atoms with Gasteiger partial charge in [-0.2, -0.15) is 15.0 Å². The van der Waals surface area contributed by atoms with Crippen LogP contribution in [0, 0.1) is 5.92 Å². The molecule has 2 aromatic heterocycles. The van der Waals surface area contributed by atoms with Crippen molar-refractivity contribution in [1.29, 1.82) is 0 Å². The van der Waals surface area contributed by atoms with E-state index >= 15 is 0 Å². The van der Waals surface area contributed by atoms with Crippen molar-refractivity contribution >= 4 is 17.5 Å². The van der Waals surface area contributed by atoms with E-state index in [0.29, 0.717) is 28.1 Å². The molecule has 2 fully saturated rings. The van der Waals surface area contributed by atoms with Crippen molar-refractivity contribution in [3.63, 3.8) is 0 Å². The van der Waals surface area contributed by atoms with Gasteiger partial charge in [-0.3, -0.25) is 4.79 Å². The zero-order chi connectivity index (χ0) is 19.1. The van der Waals surface area contributed by atoms with Crippen molar-refractivity contribution in [2.24, 2.45) is 5.92 Å². The molecule has 142 valence electrons. The second kappa shape index (κ2) is 6.91. The fourth-order valence-corrected chi connectivity index (χ4v) is 4.35. The molecule has 3 heterocycles. The van der Waals surface area contributed by atoms with E-state index in [0.717, 1.165) is 19.4 Å². The lowest BCUT2D eigenvalue weighted by Crippen LogP contribution is -2.47. The predicted molar refractivity (Wildman–Crippen MR) is 103 cm³/mol. The number of ether oxygens (including phenoxy) is 1. The molecular formula is C20H18ClN5O2. The first kappa shape index (κ1) is 17.2.